The SMILES string of the molecule is COP(=O)(CP(=O)(OC)OC[C@H]1O[C@@H](n2cnc3c(N(C)C4CCCC4)nc(Cl)nc32)[C@@H](F)[C@@H]1O)OC. The third-order valence-corrected chi connectivity index (χ3v) is 11.9. The molecule has 13 nitrogen and oxygen atoms in total. The molecule has 1 unspecified atom stereocenters. The van der Waals surface area contributed by atoms with Gasteiger partial charge in [-0.3, -0.25) is 13.7 Å². The van der Waals surface area contributed by atoms with E-state index in [0.29, 0.717) is 11.3 Å². The number of aliphatic hydroxyl groups is 1. The number of imidazole rings is 1. The lowest BCUT2D eigenvalue weighted by atomic mass is 10.1. The van der Waals surface area contributed by atoms with E-state index in [4.69, 9.17) is 34.4 Å². The molecule has 4 rings (SSSR count). The van der Waals surface area contributed by atoms with Crippen molar-refractivity contribution in [2.24, 2.45) is 0 Å². The van der Waals surface area contributed by atoms with E-state index in [0.717, 1.165) is 47.0 Å². The predicted octanol–water partition coefficient (Wildman–Crippen LogP) is 3.75. The fraction of sp³-hybridized carbons (Fsp3) is 0.750. The molecule has 1 saturated carbocycles. The topological polar surface area (TPSA) is 147 Å². The third-order valence-electron chi connectivity index (χ3n) is 6.77. The van der Waals surface area contributed by atoms with Crippen LogP contribution in [0.2, 0.25) is 5.28 Å². The lowest BCUT2D eigenvalue weighted by Gasteiger charge is -2.25. The molecule has 2 aromatic rings. The molecule has 2 aliphatic rings. The van der Waals surface area contributed by atoms with Gasteiger partial charge >= 0.3 is 15.2 Å². The molecule has 0 spiro atoms. The summed E-state index contributed by atoms with van der Waals surface area (Å²) in [5.74, 6) is -0.149. The summed E-state index contributed by atoms with van der Waals surface area (Å²) in [6.07, 6.45) is -0.470. The highest BCUT2D eigenvalue weighted by Gasteiger charge is 2.47. The van der Waals surface area contributed by atoms with Gasteiger partial charge < -0.3 is 32.8 Å². The lowest BCUT2D eigenvalue weighted by molar-refractivity contribution is -0.0429. The van der Waals surface area contributed by atoms with Crippen molar-refractivity contribution in [3.63, 3.8) is 0 Å². The second kappa shape index (κ2) is 11.5. The molecule has 1 saturated heterocycles. The Morgan fingerprint density at radius 3 is 2.46 bits per heavy atom. The summed E-state index contributed by atoms with van der Waals surface area (Å²) in [5, 5.41) is 10.5. The van der Waals surface area contributed by atoms with Crippen LogP contribution in [0.4, 0.5) is 10.2 Å². The van der Waals surface area contributed by atoms with Crippen LogP contribution in [0.5, 0.6) is 0 Å². The molecule has 2 fully saturated rings. The highest BCUT2D eigenvalue weighted by molar-refractivity contribution is 7.71. The minimum Gasteiger partial charge on any atom is -0.387 e. The van der Waals surface area contributed by atoms with Crippen LogP contribution in [-0.4, -0.2) is 89.9 Å². The van der Waals surface area contributed by atoms with E-state index in [1.165, 1.54) is 10.9 Å². The van der Waals surface area contributed by atoms with Gasteiger partial charge in [0.05, 0.1) is 12.9 Å². The smallest absolute Gasteiger partial charge is 0.342 e. The van der Waals surface area contributed by atoms with Crippen LogP contribution >= 0.6 is 26.8 Å². The molecule has 17 heteroatoms. The summed E-state index contributed by atoms with van der Waals surface area (Å²) in [6, 6.07) is 0.280. The van der Waals surface area contributed by atoms with E-state index in [-0.39, 0.29) is 17.0 Å². The van der Waals surface area contributed by atoms with E-state index in [9.17, 15) is 14.2 Å². The van der Waals surface area contributed by atoms with Crippen molar-refractivity contribution >= 4 is 43.8 Å². The molecule has 1 N–H and O–H groups in total. The van der Waals surface area contributed by atoms with Crippen LogP contribution in [0.1, 0.15) is 31.9 Å². The van der Waals surface area contributed by atoms with E-state index >= 15 is 4.39 Å². The quantitative estimate of drug-likeness (QED) is 0.302. The second-order valence-electron chi connectivity index (χ2n) is 8.90. The number of fused-ring (bicyclic) bond motifs is 1. The number of hydrogen-bond acceptors (Lipinski definition) is 12. The summed E-state index contributed by atoms with van der Waals surface area (Å²) in [4.78, 5) is 15.0. The predicted molar refractivity (Wildman–Crippen MR) is 133 cm³/mol. The van der Waals surface area contributed by atoms with E-state index in [1.54, 1.807) is 0 Å². The van der Waals surface area contributed by atoms with Gasteiger partial charge in [-0.1, -0.05) is 12.8 Å². The molecule has 0 amide bonds. The maximum absolute atomic E-state index is 15.3. The molecule has 1 aliphatic heterocycles. The van der Waals surface area contributed by atoms with Gasteiger partial charge in [-0.15, -0.1) is 0 Å². The zero-order valence-electron chi connectivity index (χ0n) is 20.9. The van der Waals surface area contributed by atoms with Crippen molar-refractivity contribution in [1.82, 2.24) is 19.5 Å². The Balaban J connectivity index is 1.54. The molecule has 37 heavy (non-hydrogen) atoms. The Morgan fingerprint density at radius 2 is 1.84 bits per heavy atom. The minimum atomic E-state index is -4.00. The van der Waals surface area contributed by atoms with Crippen molar-refractivity contribution < 1.29 is 41.5 Å². The van der Waals surface area contributed by atoms with Crippen molar-refractivity contribution in [3.05, 3.63) is 11.6 Å². The molecular weight excluding hydrogens is 555 g/mol. The van der Waals surface area contributed by atoms with Gasteiger partial charge in [0.15, 0.2) is 35.3 Å². The minimum absolute atomic E-state index is 0.0373. The molecule has 0 bridgehead atoms. The van der Waals surface area contributed by atoms with Crippen LogP contribution in [0.25, 0.3) is 11.2 Å². The van der Waals surface area contributed by atoms with E-state index in [2.05, 4.69) is 15.0 Å². The summed E-state index contributed by atoms with van der Waals surface area (Å²) in [6.45, 7) is -0.519. The maximum atomic E-state index is 15.3. The molecule has 0 radical (unpaired) electrons. The Hall–Kier alpha value is -1.21. The monoisotopic (exact) mass is 585 g/mol. The third kappa shape index (κ3) is 5.88. The molecule has 0 aromatic carbocycles. The first-order valence-corrected chi connectivity index (χ1v) is 15.5. The first-order chi connectivity index (χ1) is 17.5. The fourth-order valence-electron chi connectivity index (χ4n) is 4.58. The van der Waals surface area contributed by atoms with E-state index < -0.39 is 52.3 Å². The average Bonchev–Trinajstić information content (AvgIpc) is 3.63. The number of aliphatic hydroxyl groups excluding tert-OH is 1. The number of nitrogens with zero attached hydrogens (tertiary/aromatic N) is 5. The first-order valence-electron chi connectivity index (χ1n) is 11.6. The van der Waals surface area contributed by atoms with Gasteiger partial charge in [-0.05, 0) is 24.4 Å². The fourth-order valence-corrected chi connectivity index (χ4v) is 8.78. The first kappa shape index (κ1) is 28.8. The lowest BCUT2D eigenvalue weighted by Crippen LogP contribution is -2.31. The van der Waals surface area contributed by atoms with E-state index in [1.807, 2.05) is 11.9 Å². The zero-order chi connectivity index (χ0) is 27.0. The zero-order valence-corrected chi connectivity index (χ0v) is 23.4. The number of rotatable bonds is 11. The van der Waals surface area contributed by atoms with Crippen LogP contribution in [0, 0.1) is 0 Å². The van der Waals surface area contributed by atoms with Gasteiger partial charge in [0, 0.05) is 34.4 Å². The Kier molecular flexibility index (Phi) is 8.94. The summed E-state index contributed by atoms with van der Waals surface area (Å²) < 4.78 is 67.5. The summed E-state index contributed by atoms with van der Waals surface area (Å²) >= 11 is 6.21. The van der Waals surface area contributed by atoms with Crippen molar-refractivity contribution in [2.75, 3.05) is 45.8 Å². The number of hydrogen-bond donors (Lipinski definition) is 1. The number of anilines is 1. The summed E-state index contributed by atoms with van der Waals surface area (Å²) in [7, 11) is -2.46. The normalized spacial score (nSPS) is 26.7. The number of ether oxygens (including phenoxy) is 1. The van der Waals surface area contributed by atoms with Gasteiger partial charge in [-0.25, -0.2) is 9.37 Å². The highest BCUT2D eigenvalue weighted by Crippen LogP contribution is 2.63. The Bertz CT molecular complexity index is 1190. The van der Waals surface area contributed by atoms with Crippen LogP contribution in [0.3, 0.4) is 0 Å². The maximum Gasteiger partial charge on any atom is 0.342 e. The van der Waals surface area contributed by atoms with Gasteiger partial charge in [-0.2, -0.15) is 9.97 Å². The molecule has 2 aromatic heterocycles. The number of halogens is 2. The standard InChI is InChI=1S/C20H31ClFN5O8P2/c1-26(12-7-5-6-8-12)17-15-18(25-20(21)24-17)27(10-23-15)19-14(22)16(28)13(35-19)9-34-37(30,33-4)11-36(29,31-2)32-3/h10,12-14,16,19,28H,5-9,11H2,1-4H3/t13-,14+,16-,19-,37?/m1/s1. The molecular formula is C20H31ClFN5O8P2. The molecule has 5 atom stereocenters. The number of alkyl halides is 1. The second-order valence-corrected chi connectivity index (χ2v) is 14.2. The van der Waals surface area contributed by atoms with Crippen LogP contribution < -0.4 is 4.90 Å². The summed E-state index contributed by atoms with van der Waals surface area (Å²) in [5.41, 5.74) is 0.660. The van der Waals surface area contributed by atoms with Gasteiger partial charge in [0.25, 0.3) is 0 Å². The van der Waals surface area contributed by atoms with Crippen LogP contribution in [0.15, 0.2) is 6.33 Å². The molecule has 208 valence electrons. The van der Waals surface area contributed by atoms with Gasteiger partial charge in [0.1, 0.15) is 12.2 Å². The largest absolute Gasteiger partial charge is 0.387 e. The number of aromatic nitrogens is 4. The highest BCUT2D eigenvalue weighted by atomic mass is 35.5. The Morgan fingerprint density at radius 1 is 1.19 bits per heavy atom. The molecule has 1 aliphatic carbocycles. The molecule has 3 heterocycles. The van der Waals surface area contributed by atoms with Crippen molar-refractivity contribution in [2.45, 2.75) is 56.3 Å². The Labute approximate surface area is 218 Å². The van der Waals surface area contributed by atoms with Gasteiger partial charge in [0.2, 0.25) is 5.28 Å². The average molecular weight is 586 g/mol. The van der Waals surface area contributed by atoms with Crippen LogP contribution in [-0.2, 0) is 32.0 Å². The van der Waals surface area contributed by atoms with Crippen molar-refractivity contribution in [3.8, 4) is 0 Å². The van der Waals surface area contributed by atoms with Crippen molar-refractivity contribution in [1.29, 1.82) is 0 Å².